The maximum atomic E-state index is 10.4. The van der Waals surface area contributed by atoms with Gasteiger partial charge in [-0.15, -0.1) is 21.5 Å². The number of aromatic nitrogens is 3. The summed E-state index contributed by atoms with van der Waals surface area (Å²) >= 11 is 3.20. The lowest BCUT2D eigenvalue weighted by molar-refractivity contribution is 0.0953. The molecular weight excluding hydrogens is 366 g/mol. The van der Waals surface area contributed by atoms with E-state index in [1.807, 2.05) is 41.8 Å². The van der Waals surface area contributed by atoms with Crippen LogP contribution in [0.4, 0.5) is 0 Å². The Morgan fingerprint density at radius 2 is 2.12 bits per heavy atom. The van der Waals surface area contributed by atoms with E-state index < -0.39 is 6.10 Å². The molecule has 0 saturated carbocycles. The quantitative estimate of drug-likeness (QED) is 0.621. The summed E-state index contributed by atoms with van der Waals surface area (Å²) in [5, 5.41) is 22.1. The van der Waals surface area contributed by atoms with E-state index in [9.17, 15) is 5.11 Å². The van der Waals surface area contributed by atoms with Gasteiger partial charge in [-0.25, -0.2) is 0 Å². The molecule has 0 aliphatic carbocycles. The van der Waals surface area contributed by atoms with Gasteiger partial charge in [0.05, 0.1) is 23.6 Å². The van der Waals surface area contributed by atoms with Gasteiger partial charge in [0.2, 0.25) is 0 Å². The molecule has 0 amide bonds. The lowest BCUT2D eigenvalue weighted by Crippen LogP contribution is -2.16. The van der Waals surface area contributed by atoms with Gasteiger partial charge in [0, 0.05) is 12.4 Å². The van der Waals surface area contributed by atoms with E-state index in [-0.39, 0.29) is 6.10 Å². The van der Waals surface area contributed by atoms with Crippen LogP contribution in [0, 0.1) is 0 Å². The van der Waals surface area contributed by atoms with Gasteiger partial charge < -0.3 is 9.84 Å². The number of aliphatic hydroxyl groups excluding tert-OH is 1. The summed E-state index contributed by atoms with van der Waals surface area (Å²) in [6, 6.07) is 13.8. The maximum absolute atomic E-state index is 10.4. The molecule has 0 bridgehead atoms. The molecule has 136 valence electrons. The molecule has 1 aliphatic heterocycles. The second kappa shape index (κ2) is 8.35. The van der Waals surface area contributed by atoms with Crippen LogP contribution in [-0.2, 0) is 11.3 Å². The van der Waals surface area contributed by atoms with Gasteiger partial charge in [-0.3, -0.25) is 4.57 Å². The van der Waals surface area contributed by atoms with Crippen LogP contribution in [0.1, 0.15) is 24.5 Å². The number of thiophene rings is 1. The number of benzene rings is 1. The van der Waals surface area contributed by atoms with Crippen molar-refractivity contribution in [3.63, 3.8) is 0 Å². The number of nitrogens with zero attached hydrogens (tertiary/aromatic N) is 3. The number of aliphatic hydroxyl groups is 1. The third kappa shape index (κ3) is 4.01. The summed E-state index contributed by atoms with van der Waals surface area (Å²) in [5.74, 6) is 1.42. The maximum Gasteiger partial charge on any atom is 0.191 e. The molecule has 3 heterocycles. The summed E-state index contributed by atoms with van der Waals surface area (Å²) in [7, 11) is 0. The molecule has 1 N–H and O–H groups in total. The highest BCUT2D eigenvalue weighted by molar-refractivity contribution is 7.99. The fraction of sp³-hybridized carbons (Fsp3) is 0.368. The van der Waals surface area contributed by atoms with Crippen molar-refractivity contribution in [2.45, 2.75) is 36.8 Å². The Morgan fingerprint density at radius 1 is 1.23 bits per heavy atom. The van der Waals surface area contributed by atoms with Crippen LogP contribution in [0.15, 0.2) is 53.0 Å². The van der Waals surface area contributed by atoms with Crippen LogP contribution in [0.3, 0.4) is 0 Å². The fourth-order valence-corrected chi connectivity index (χ4v) is 4.70. The molecule has 3 aromatic rings. The zero-order chi connectivity index (χ0) is 17.8. The van der Waals surface area contributed by atoms with E-state index >= 15 is 0 Å². The van der Waals surface area contributed by atoms with Gasteiger partial charge in [0.15, 0.2) is 11.0 Å². The van der Waals surface area contributed by atoms with Gasteiger partial charge in [-0.05, 0) is 29.9 Å². The lowest BCUT2D eigenvalue weighted by atomic mass is 10.1. The zero-order valence-corrected chi connectivity index (χ0v) is 16.0. The molecule has 1 aromatic carbocycles. The van der Waals surface area contributed by atoms with E-state index in [4.69, 9.17) is 4.74 Å². The highest BCUT2D eigenvalue weighted by Gasteiger charge is 2.22. The fourth-order valence-electron chi connectivity index (χ4n) is 3.06. The first-order valence-electron chi connectivity index (χ1n) is 8.76. The average molecular weight is 388 g/mol. The van der Waals surface area contributed by atoms with Crippen LogP contribution in [-0.4, -0.2) is 38.3 Å². The van der Waals surface area contributed by atoms with Crippen molar-refractivity contribution in [1.82, 2.24) is 14.8 Å². The smallest absolute Gasteiger partial charge is 0.191 e. The molecular formula is C19H21N3O2S2. The number of thioether (sulfide) groups is 1. The standard InChI is InChI=1S/C19H21N3O2S2/c23-16(14-6-2-1-3-7-14)13-26-19-21-20-18(17-9-5-11-25-17)22(19)12-15-8-4-10-24-15/h1-3,5-7,9,11,15-16,23H,4,8,10,12-13H2/t15-,16-/m0/s1. The Bertz CT molecular complexity index is 815. The minimum atomic E-state index is -0.528. The van der Waals surface area contributed by atoms with E-state index in [0.29, 0.717) is 5.75 Å². The summed E-state index contributed by atoms with van der Waals surface area (Å²) in [5.41, 5.74) is 0.920. The molecule has 1 saturated heterocycles. The molecule has 4 rings (SSSR count). The van der Waals surface area contributed by atoms with Gasteiger partial charge in [-0.2, -0.15) is 0 Å². The molecule has 26 heavy (non-hydrogen) atoms. The monoisotopic (exact) mass is 387 g/mol. The van der Waals surface area contributed by atoms with E-state index in [1.165, 1.54) is 11.8 Å². The second-order valence-corrected chi connectivity index (χ2v) is 8.20. The first-order valence-corrected chi connectivity index (χ1v) is 10.6. The van der Waals surface area contributed by atoms with E-state index in [2.05, 4.69) is 20.8 Å². The molecule has 0 radical (unpaired) electrons. The second-order valence-electron chi connectivity index (χ2n) is 6.27. The van der Waals surface area contributed by atoms with Crippen LogP contribution < -0.4 is 0 Å². The van der Waals surface area contributed by atoms with Gasteiger partial charge >= 0.3 is 0 Å². The van der Waals surface area contributed by atoms with Gasteiger partial charge in [-0.1, -0.05) is 48.2 Å². The van der Waals surface area contributed by atoms with Crippen LogP contribution in [0.25, 0.3) is 10.7 Å². The molecule has 5 nitrogen and oxygen atoms in total. The summed E-state index contributed by atoms with van der Waals surface area (Å²) < 4.78 is 7.96. The zero-order valence-electron chi connectivity index (χ0n) is 14.3. The average Bonchev–Trinajstić information content (AvgIpc) is 3.43. The molecule has 0 unspecified atom stereocenters. The molecule has 1 aliphatic rings. The van der Waals surface area contributed by atoms with E-state index in [1.54, 1.807) is 11.3 Å². The number of hydrogen-bond donors (Lipinski definition) is 1. The Balaban J connectivity index is 1.53. The predicted octanol–water partition coefficient (Wildman–Crippen LogP) is 4.01. The Morgan fingerprint density at radius 3 is 2.85 bits per heavy atom. The highest BCUT2D eigenvalue weighted by Crippen LogP contribution is 2.30. The van der Waals surface area contributed by atoms with Crippen LogP contribution in [0.5, 0.6) is 0 Å². The third-order valence-electron chi connectivity index (χ3n) is 4.42. The van der Waals surface area contributed by atoms with Crippen molar-refractivity contribution < 1.29 is 9.84 Å². The van der Waals surface area contributed by atoms with Crippen molar-refractivity contribution >= 4 is 23.1 Å². The minimum Gasteiger partial charge on any atom is -0.388 e. The Labute approximate surface area is 161 Å². The van der Waals surface area contributed by atoms with Gasteiger partial charge in [0.1, 0.15) is 0 Å². The number of hydrogen-bond acceptors (Lipinski definition) is 6. The Kier molecular flexibility index (Phi) is 5.69. The summed E-state index contributed by atoms with van der Waals surface area (Å²) in [6.07, 6.45) is 1.86. The van der Waals surface area contributed by atoms with Crippen molar-refractivity contribution in [3.05, 3.63) is 53.4 Å². The number of rotatable bonds is 7. The molecule has 7 heteroatoms. The molecule has 2 atom stereocenters. The third-order valence-corrected chi connectivity index (χ3v) is 6.33. The SMILES string of the molecule is O[C@@H](CSc1nnc(-c2cccs2)n1C[C@@H]1CCCO1)c1ccccc1. The van der Waals surface area contributed by atoms with Gasteiger partial charge in [0.25, 0.3) is 0 Å². The molecule has 0 spiro atoms. The lowest BCUT2D eigenvalue weighted by Gasteiger charge is -2.15. The summed E-state index contributed by atoms with van der Waals surface area (Å²) in [4.78, 5) is 1.10. The normalized spacial score (nSPS) is 18.3. The molecule has 1 fully saturated rings. The van der Waals surface area contributed by atoms with Crippen molar-refractivity contribution in [2.24, 2.45) is 0 Å². The predicted molar refractivity (Wildman–Crippen MR) is 104 cm³/mol. The van der Waals surface area contributed by atoms with Crippen molar-refractivity contribution in [1.29, 1.82) is 0 Å². The first kappa shape index (κ1) is 17.7. The first-order chi connectivity index (χ1) is 12.8. The van der Waals surface area contributed by atoms with Crippen LogP contribution >= 0.6 is 23.1 Å². The van der Waals surface area contributed by atoms with E-state index in [0.717, 1.165) is 47.4 Å². The summed E-state index contributed by atoms with van der Waals surface area (Å²) in [6.45, 7) is 1.58. The highest BCUT2D eigenvalue weighted by atomic mass is 32.2. The Hall–Kier alpha value is -1.67. The topological polar surface area (TPSA) is 60.2 Å². The van der Waals surface area contributed by atoms with Crippen molar-refractivity contribution in [3.8, 4) is 10.7 Å². The van der Waals surface area contributed by atoms with Crippen molar-refractivity contribution in [2.75, 3.05) is 12.4 Å². The number of ether oxygens (including phenoxy) is 1. The largest absolute Gasteiger partial charge is 0.388 e. The molecule has 2 aromatic heterocycles. The minimum absolute atomic E-state index is 0.211. The van der Waals surface area contributed by atoms with Crippen LogP contribution in [0.2, 0.25) is 0 Å².